The van der Waals surface area contributed by atoms with Gasteiger partial charge in [0.15, 0.2) is 0 Å². The maximum Gasteiger partial charge on any atom is 0.227 e. The number of rotatable bonds is 8. The van der Waals surface area contributed by atoms with Gasteiger partial charge in [-0.3, -0.25) is 4.79 Å². The van der Waals surface area contributed by atoms with Crippen molar-refractivity contribution in [2.24, 2.45) is 5.92 Å². The first kappa shape index (κ1) is 22.4. The Kier molecular flexibility index (Phi) is 7.19. The number of thiazole rings is 1. The second-order valence-electron chi connectivity index (χ2n) is 7.67. The number of carbonyl (C=O) groups excluding carboxylic acids is 1. The molecule has 9 heteroatoms. The Bertz CT molecular complexity index is 1130. The highest BCUT2D eigenvalue weighted by atomic mass is 32.2. The Morgan fingerprint density at radius 3 is 2.53 bits per heavy atom. The van der Waals surface area contributed by atoms with E-state index in [1.54, 1.807) is 17.6 Å². The van der Waals surface area contributed by atoms with E-state index in [1.807, 2.05) is 47.8 Å². The third-order valence-electron chi connectivity index (χ3n) is 5.41. The number of hydrogen-bond acceptors (Lipinski definition) is 6. The number of aromatic nitrogens is 1. The van der Waals surface area contributed by atoms with Gasteiger partial charge in [0.1, 0.15) is 12.4 Å². The fraction of sp³-hybridized carbons (Fsp3) is 0.304. The maximum absolute atomic E-state index is 12.9. The first-order valence-corrected chi connectivity index (χ1v) is 13.0. The number of nitrogens with one attached hydrogen (secondary N) is 1. The second-order valence-corrected chi connectivity index (χ2v) is 10.4. The predicted octanol–water partition coefficient (Wildman–Crippen LogP) is 3.90. The molecule has 0 aliphatic carbocycles. The summed E-state index contributed by atoms with van der Waals surface area (Å²) in [6, 6.07) is 16.4. The minimum absolute atomic E-state index is 0.0194. The van der Waals surface area contributed by atoms with E-state index in [1.165, 1.54) is 15.6 Å². The van der Waals surface area contributed by atoms with Gasteiger partial charge < -0.3 is 10.1 Å². The number of para-hydroxylation sites is 2. The van der Waals surface area contributed by atoms with E-state index >= 15 is 0 Å². The molecule has 1 aliphatic heterocycles. The van der Waals surface area contributed by atoms with Crippen molar-refractivity contribution in [1.82, 2.24) is 9.29 Å². The summed E-state index contributed by atoms with van der Waals surface area (Å²) in [7, 11) is -3.40. The van der Waals surface area contributed by atoms with Crippen LogP contribution >= 0.6 is 11.3 Å². The number of carbonyl (C=O) groups is 1. The van der Waals surface area contributed by atoms with Crippen LogP contribution in [-0.4, -0.2) is 36.7 Å². The Morgan fingerprint density at radius 2 is 1.81 bits per heavy atom. The molecule has 32 heavy (non-hydrogen) atoms. The Morgan fingerprint density at radius 1 is 1.09 bits per heavy atom. The lowest BCUT2D eigenvalue weighted by Crippen LogP contribution is -2.41. The molecule has 2 aromatic carbocycles. The maximum atomic E-state index is 12.9. The van der Waals surface area contributed by atoms with E-state index in [0.29, 0.717) is 44.0 Å². The molecule has 1 aromatic heterocycles. The van der Waals surface area contributed by atoms with Crippen LogP contribution in [0.3, 0.4) is 0 Å². The van der Waals surface area contributed by atoms with Crippen LogP contribution in [0.15, 0.2) is 65.5 Å². The largest absolute Gasteiger partial charge is 0.485 e. The molecule has 1 fully saturated rings. The summed E-state index contributed by atoms with van der Waals surface area (Å²) in [4.78, 5) is 17.1. The van der Waals surface area contributed by atoms with Crippen LogP contribution in [0, 0.1) is 5.92 Å². The molecule has 0 unspecified atom stereocenters. The van der Waals surface area contributed by atoms with Gasteiger partial charge in [-0.15, -0.1) is 11.3 Å². The monoisotopic (exact) mass is 471 g/mol. The van der Waals surface area contributed by atoms with Crippen molar-refractivity contribution in [2.75, 3.05) is 18.4 Å². The van der Waals surface area contributed by atoms with Gasteiger partial charge in [-0.1, -0.05) is 42.5 Å². The average Bonchev–Trinajstić information content (AvgIpc) is 3.33. The van der Waals surface area contributed by atoms with E-state index in [9.17, 15) is 13.2 Å². The lowest BCUT2D eigenvalue weighted by molar-refractivity contribution is -0.120. The lowest BCUT2D eigenvalue weighted by atomic mass is 9.97. The SMILES string of the molecule is O=C(Nc1ccccc1OCc1cscn1)C1CCN(S(=O)(=O)Cc2ccccc2)CC1. The van der Waals surface area contributed by atoms with Gasteiger partial charge in [0, 0.05) is 24.4 Å². The number of nitrogens with zero attached hydrogens (tertiary/aromatic N) is 2. The fourth-order valence-electron chi connectivity index (χ4n) is 3.66. The van der Waals surface area contributed by atoms with Crippen LogP contribution in [0.4, 0.5) is 5.69 Å². The van der Waals surface area contributed by atoms with Crippen molar-refractivity contribution in [1.29, 1.82) is 0 Å². The summed E-state index contributed by atoms with van der Waals surface area (Å²) < 4.78 is 32.8. The first-order valence-electron chi connectivity index (χ1n) is 10.4. The van der Waals surface area contributed by atoms with Crippen molar-refractivity contribution in [3.05, 3.63) is 76.7 Å². The molecule has 2 heterocycles. The first-order chi connectivity index (χ1) is 15.5. The van der Waals surface area contributed by atoms with Crippen LogP contribution in [0.5, 0.6) is 5.75 Å². The standard InChI is InChI=1S/C23H25N3O4S2/c27-23(25-21-8-4-5-9-22(21)30-14-20-15-31-17-24-20)19-10-12-26(13-11-19)32(28,29)16-18-6-2-1-3-7-18/h1-9,15,17,19H,10-14,16H2,(H,25,27). The van der Waals surface area contributed by atoms with Crippen LogP contribution in [0.2, 0.25) is 0 Å². The van der Waals surface area contributed by atoms with Crippen LogP contribution in [0.25, 0.3) is 0 Å². The Balaban J connectivity index is 1.32. The number of hydrogen-bond donors (Lipinski definition) is 1. The van der Waals surface area contributed by atoms with Crippen molar-refractivity contribution < 1.29 is 17.9 Å². The van der Waals surface area contributed by atoms with Gasteiger partial charge in [0.05, 0.1) is 22.6 Å². The van der Waals surface area contributed by atoms with Crippen LogP contribution in [0.1, 0.15) is 24.1 Å². The highest BCUT2D eigenvalue weighted by Crippen LogP contribution is 2.28. The highest BCUT2D eigenvalue weighted by Gasteiger charge is 2.31. The van der Waals surface area contributed by atoms with E-state index in [4.69, 9.17) is 4.74 Å². The van der Waals surface area contributed by atoms with E-state index in [0.717, 1.165) is 11.3 Å². The number of amides is 1. The number of benzene rings is 2. The Labute approximate surface area is 192 Å². The number of sulfonamides is 1. The third kappa shape index (κ3) is 5.73. The molecule has 0 radical (unpaired) electrons. The zero-order valence-electron chi connectivity index (χ0n) is 17.5. The second kappa shape index (κ2) is 10.2. The van der Waals surface area contributed by atoms with Gasteiger partial charge in [0.2, 0.25) is 15.9 Å². The molecular formula is C23H25N3O4S2. The molecule has 4 rings (SSSR count). The Hall–Kier alpha value is -2.75. The zero-order valence-corrected chi connectivity index (χ0v) is 19.1. The summed E-state index contributed by atoms with van der Waals surface area (Å²) >= 11 is 1.50. The zero-order chi connectivity index (χ0) is 22.4. The van der Waals surface area contributed by atoms with Gasteiger partial charge in [-0.05, 0) is 30.5 Å². The minimum atomic E-state index is -3.40. The van der Waals surface area contributed by atoms with Crippen molar-refractivity contribution in [3.8, 4) is 5.75 Å². The number of anilines is 1. The molecule has 3 aromatic rings. The third-order valence-corrected chi connectivity index (χ3v) is 7.90. The highest BCUT2D eigenvalue weighted by molar-refractivity contribution is 7.88. The van der Waals surface area contributed by atoms with Crippen molar-refractivity contribution in [3.63, 3.8) is 0 Å². The molecular weight excluding hydrogens is 446 g/mol. The molecule has 1 N–H and O–H groups in total. The average molecular weight is 472 g/mol. The topological polar surface area (TPSA) is 88.6 Å². The van der Waals surface area contributed by atoms with Gasteiger partial charge in [0.25, 0.3) is 0 Å². The predicted molar refractivity (Wildman–Crippen MR) is 125 cm³/mol. The lowest BCUT2D eigenvalue weighted by Gasteiger charge is -2.30. The molecule has 1 saturated heterocycles. The van der Waals surface area contributed by atoms with E-state index in [2.05, 4.69) is 10.3 Å². The number of ether oxygens (including phenoxy) is 1. The number of piperidine rings is 1. The summed E-state index contributed by atoms with van der Waals surface area (Å²) in [5, 5.41) is 4.87. The normalized spacial score (nSPS) is 15.4. The van der Waals surface area contributed by atoms with Gasteiger partial charge in [-0.2, -0.15) is 0 Å². The summed E-state index contributed by atoms with van der Waals surface area (Å²) in [6.45, 7) is 1.01. The molecule has 7 nitrogen and oxygen atoms in total. The molecule has 168 valence electrons. The summed E-state index contributed by atoms with van der Waals surface area (Å²) in [6.07, 6.45) is 0.976. The van der Waals surface area contributed by atoms with E-state index in [-0.39, 0.29) is 17.6 Å². The molecule has 0 atom stereocenters. The van der Waals surface area contributed by atoms with Crippen molar-refractivity contribution in [2.45, 2.75) is 25.2 Å². The fourth-order valence-corrected chi connectivity index (χ4v) is 5.77. The van der Waals surface area contributed by atoms with E-state index < -0.39 is 10.0 Å². The minimum Gasteiger partial charge on any atom is -0.485 e. The van der Waals surface area contributed by atoms with Gasteiger partial charge in [-0.25, -0.2) is 17.7 Å². The van der Waals surface area contributed by atoms with Crippen molar-refractivity contribution >= 4 is 33.0 Å². The van der Waals surface area contributed by atoms with Crippen LogP contribution < -0.4 is 10.1 Å². The van der Waals surface area contributed by atoms with Gasteiger partial charge >= 0.3 is 0 Å². The molecule has 1 aliphatic rings. The molecule has 1 amide bonds. The van der Waals surface area contributed by atoms with Crippen LogP contribution in [-0.2, 0) is 27.2 Å². The smallest absolute Gasteiger partial charge is 0.227 e. The quantitative estimate of drug-likeness (QED) is 0.538. The molecule has 0 saturated carbocycles. The molecule has 0 spiro atoms. The molecule has 0 bridgehead atoms. The summed E-state index contributed by atoms with van der Waals surface area (Å²) in [5.41, 5.74) is 3.95. The summed E-state index contributed by atoms with van der Waals surface area (Å²) in [5.74, 6) is 0.199.